The van der Waals surface area contributed by atoms with Gasteiger partial charge in [0.15, 0.2) is 0 Å². The van der Waals surface area contributed by atoms with Crippen molar-refractivity contribution in [1.29, 1.82) is 0 Å². The average molecular weight is 535 g/mol. The normalized spacial score (nSPS) is 25.3. The predicted octanol–water partition coefficient (Wildman–Crippen LogP) is 3.73. The lowest BCUT2D eigenvalue weighted by Gasteiger charge is -2.43. The van der Waals surface area contributed by atoms with Crippen LogP contribution in [0.2, 0.25) is 0 Å². The third-order valence-corrected chi connectivity index (χ3v) is 8.58. The number of hydrogen-bond donors (Lipinski definition) is 2. The molecule has 1 saturated heterocycles. The Kier molecular flexibility index (Phi) is 8.72. The average Bonchev–Trinajstić information content (AvgIpc) is 3.82. The molecular weight excluding hydrogens is 492 g/mol. The van der Waals surface area contributed by atoms with Crippen LogP contribution in [0.5, 0.6) is 11.5 Å². The van der Waals surface area contributed by atoms with Gasteiger partial charge >= 0.3 is 0 Å². The summed E-state index contributed by atoms with van der Waals surface area (Å²) in [4.78, 5) is 31.9. The molecule has 1 unspecified atom stereocenters. The van der Waals surface area contributed by atoms with Gasteiger partial charge in [-0.25, -0.2) is 0 Å². The zero-order valence-corrected chi connectivity index (χ0v) is 23.2. The summed E-state index contributed by atoms with van der Waals surface area (Å²) in [5.74, 6) is 1.32. The molecule has 0 spiro atoms. The van der Waals surface area contributed by atoms with Gasteiger partial charge in [0.05, 0.1) is 14.2 Å². The first-order valence-corrected chi connectivity index (χ1v) is 14.3. The Morgan fingerprint density at radius 3 is 2.31 bits per heavy atom. The Morgan fingerprint density at radius 1 is 0.923 bits per heavy atom. The lowest BCUT2D eigenvalue weighted by molar-refractivity contribution is -0.128. The summed E-state index contributed by atoms with van der Waals surface area (Å²) in [5, 5.41) is 3.29. The fraction of sp³-hybridized carbons (Fsp3) is 0.548. The Hall–Kier alpha value is -3.10. The number of rotatable bonds is 9. The van der Waals surface area contributed by atoms with Crippen LogP contribution in [0.25, 0.3) is 0 Å². The highest BCUT2D eigenvalue weighted by molar-refractivity contribution is 5.98. The lowest BCUT2D eigenvalue weighted by Crippen LogP contribution is -2.58. The molecule has 2 amide bonds. The minimum atomic E-state index is -0.518. The highest BCUT2D eigenvalue weighted by atomic mass is 16.5. The van der Waals surface area contributed by atoms with Gasteiger partial charge in [0.2, 0.25) is 5.91 Å². The van der Waals surface area contributed by atoms with Crippen molar-refractivity contribution >= 4 is 11.8 Å². The Bertz CT molecular complexity index is 1130. The highest BCUT2D eigenvalue weighted by Crippen LogP contribution is 2.35. The van der Waals surface area contributed by atoms with E-state index in [0.29, 0.717) is 30.3 Å². The van der Waals surface area contributed by atoms with Crippen molar-refractivity contribution in [3.05, 3.63) is 59.7 Å². The van der Waals surface area contributed by atoms with E-state index in [1.54, 1.807) is 31.3 Å². The number of carbonyl (C=O) groups is 2. The van der Waals surface area contributed by atoms with E-state index in [9.17, 15) is 9.59 Å². The summed E-state index contributed by atoms with van der Waals surface area (Å²) in [6, 6.07) is 16.0. The Morgan fingerprint density at radius 2 is 1.64 bits per heavy atom. The molecule has 2 saturated carbocycles. The molecule has 2 aromatic carbocycles. The number of benzene rings is 2. The quantitative estimate of drug-likeness (QED) is 0.509. The van der Waals surface area contributed by atoms with E-state index in [1.807, 2.05) is 24.3 Å². The highest BCUT2D eigenvalue weighted by Gasteiger charge is 2.42. The van der Waals surface area contributed by atoms with Crippen LogP contribution < -0.4 is 20.5 Å². The van der Waals surface area contributed by atoms with E-state index in [2.05, 4.69) is 22.3 Å². The van der Waals surface area contributed by atoms with Gasteiger partial charge in [-0.15, -0.1) is 0 Å². The first-order chi connectivity index (χ1) is 18.9. The first kappa shape index (κ1) is 27.5. The number of piperidine rings is 1. The summed E-state index contributed by atoms with van der Waals surface area (Å²) in [6.45, 7) is 1.37. The summed E-state index contributed by atoms with van der Waals surface area (Å²) < 4.78 is 10.7. The fourth-order valence-electron chi connectivity index (χ4n) is 6.13. The zero-order chi connectivity index (χ0) is 27.4. The number of likely N-dealkylation sites (tertiary alicyclic amines) is 1. The maximum atomic E-state index is 13.8. The number of nitrogens with two attached hydrogens (primary N) is 1. The second-order valence-corrected chi connectivity index (χ2v) is 11.3. The maximum Gasteiger partial charge on any atom is 0.254 e. The number of nitrogens with zero attached hydrogens (tertiary/aromatic N) is 2. The molecule has 8 nitrogen and oxygen atoms in total. The van der Waals surface area contributed by atoms with Crippen LogP contribution in [0.4, 0.5) is 0 Å². The van der Waals surface area contributed by atoms with E-state index in [4.69, 9.17) is 15.2 Å². The van der Waals surface area contributed by atoms with E-state index in [-0.39, 0.29) is 29.9 Å². The van der Waals surface area contributed by atoms with Crippen LogP contribution in [-0.4, -0.2) is 72.6 Å². The van der Waals surface area contributed by atoms with Crippen molar-refractivity contribution in [2.45, 2.75) is 88.1 Å². The number of nitrogens with one attached hydrogen (secondary N) is 1. The molecule has 0 radical (unpaired) electrons. The smallest absolute Gasteiger partial charge is 0.254 e. The van der Waals surface area contributed by atoms with Gasteiger partial charge < -0.3 is 25.4 Å². The van der Waals surface area contributed by atoms with Crippen molar-refractivity contribution < 1.29 is 19.1 Å². The minimum absolute atomic E-state index is 0.0448. The van der Waals surface area contributed by atoms with Gasteiger partial charge in [-0.1, -0.05) is 18.2 Å². The van der Waals surface area contributed by atoms with Gasteiger partial charge in [-0.2, -0.15) is 0 Å². The van der Waals surface area contributed by atoms with E-state index in [1.165, 1.54) is 18.4 Å². The van der Waals surface area contributed by atoms with Gasteiger partial charge in [0, 0.05) is 42.8 Å². The van der Waals surface area contributed by atoms with Crippen LogP contribution in [0.3, 0.4) is 0 Å². The molecule has 210 valence electrons. The van der Waals surface area contributed by atoms with E-state index in [0.717, 1.165) is 44.4 Å². The second kappa shape index (κ2) is 12.4. The minimum Gasteiger partial charge on any atom is -0.497 e. The number of ether oxygens (including phenoxy) is 2. The first-order valence-electron chi connectivity index (χ1n) is 14.3. The van der Waals surface area contributed by atoms with Gasteiger partial charge in [0.1, 0.15) is 17.5 Å². The molecule has 39 heavy (non-hydrogen) atoms. The summed E-state index contributed by atoms with van der Waals surface area (Å²) in [6.07, 6.45) is 7.43. The monoisotopic (exact) mass is 534 g/mol. The molecule has 2 aromatic rings. The molecule has 5 rings (SSSR count). The summed E-state index contributed by atoms with van der Waals surface area (Å²) >= 11 is 0. The molecule has 3 fully saturated rings. The van der Waals surface area contributed by atoms with Gasteiger partial charge in [0.25, 0.3) is 5.91 Å². The third-order valence-electron chi connectivity index (χ3n) is 8.58. The Balaban J connectivity index is 1.35. The molecule has 0 bridgehead atoms. The molecule has 3 N–H and O–H groups in total. The van der Waals surface area contributed by atoms with Crippen LogP contribution in [0.15, 0.2) is 48.5 Å². The van der Waals surface area contributed by atoms with Crippen molar-refractivity contribution in [2.75, 3.05) is 20.8 Å². The number of methoxy groups -OCH3 is 2. The molecule has 8 heteroatoms. The maximum absolute atomic E-state index is 13.8. The number of carbonyl (C=O) groups excluding carboxylic acids is 2. The molecule has 2 atom stereocenters. The van der Waals surface area contributed by atoms with Gasteiger partial charge in [-0.05, 0) is 87.3 Å². The summed E-state index contributed by atoms with van der Waals surface area (Å²) in [7, 11) is 3.27. The standard InChI is InChI=1S/C31H42N4O4/c1-38-27-14-6-21(7-15-27)20-35(25-12-13-25)26-16-17-34(31(37)22-4-3-5-28(18-22)39-2)29(19-26)30(36)33-24-10-8-23(32)9-11-24/h3-7,14-15,18,23-26,29H,8-13,16-17,19-20,32H2,1-2H3,(H,33,36)/t23?,24?,26?,29-/m1/s1. The second-order valence-electron chi connectivity index (χ2n) is 11.3. The van der Waals surface area contributed by atoms with E-state index >= 15 is 0 Å². The molecule has 1 heterocycles. The van der Waals surface area contributed by atoms with Crippen molar-refractivity contribution in [3.63, 3.8) is 0 Å². The van der Waals surface area contributed by atoms with Crippen LogP contribution in [-0.2, 0) is 11.3 Å². The van der Waals surface area contributed by atoms with Crippen molar-refractivity contribution in [1.82, 2.24) is 15.1 Å². The van der Waals surface area contributed by atoms with Gasteiger partial charge in [-0.3, -0.25) is 14.5 Å². The topological polar surface area (TPSA) is 97.1 Å². The largest absolute Gasteiger partial charge is 0.497 e. The molecule has 1 aliphatic heterocycles. The predicted molar refractivity (Wildman–Crippen MR) is 151 cm³/mol. The lowest BCUT2D eigenvalue weighted by atomic mass is 9.90. The van der Waals surface area contributed by atoms with Crippen LogP contribution in [0.1, 0.15) is 67.3 Å². The third kappa shape index (κ3) is 6.73. The van der Waals surface area contributed by atoms with Crippen molar-refractivity contribution in [2.24, 2.45) is 5.73 Å². The molecule has 0 aromatic heterocycles. The molecule has 2 aliphatic carbocycles. The van der Waals surface area contributed by atoms with E-state index < -0.39 is 6.04 Å². The number of amides is 2. The molecular formula is C31H42N4O4. The SMILES string of the molecule is COc1ccc(CN(C2CC2)C2CCN(C(=O)c3cccc(OC)c3)[C@@H](C(=O)NC3CCC(N)CC3)C2)cc1. The van der Waals surface area contributed by atoms with Crippen LogP contribution >= 0.6 is 0 Å². The number of hydrogen-bond acceptors (Lipinski definition) is 6. The summed E-state index contributed by atoms with van der Waals surface area (Å²) in [5.41, 5.74) is 7.88. The Labute approximate surface area is 231 Å². The molecule has 3 aliphatic rings. The van der Waals surface area contributed by atoms with Crippen molar-refractivity contribution in [3.8, 4) is 11.5 Å². The zero-order valence-electron chi connectivity index (χ0n) is 23.2. The fourth-order valence-corrected chi connectivity index (χ4v) is 6.13. The van der Waals surface area contributed by atoms with Crippen LogP contribution in [0, 0.1) is 0 Å².